The van der Waals surface area contributed by atoms with Crippen molar-refractivity contribution in [2.24, 2.45) is 5.92 Å². The second kappa shape index (κ2) is 14.4. The van der Waals surface area contributed by atoms with E-state index in [-0.39, 0.29) is 24.0 Å². The van der Waals surface area contributed by atoms with E-state index in [2.05, 4.69) is 51.4 Å². The van der Waals surface area contributed by atoms with Crippen LogP contribution in [0.1, 0.15) is 72.5 Å². The van der Waals surface area contributed by atoms with Crippen LogP contribution in [0.5, 0.6) is 0 Å². The van der Waals surface area contributed by atoms with Gasteiger partial charge in [0.1, 0.15) is 11.3 Å². The molecule has 3 N–H and O–H groups in total. The highest BCUT2D eigenvalue weighted by atomic mass is 19.4. The molecule has 0 unspecified atom stereocenters. The number of nitrogens with zero attached hydrogens (tertiary/aromatic N) is 2. The molecule has 0 spiro atoms. The van der Waals surface area contributed by atoms with Gasteiger partial charge in [-0.3, -0.25) is 4.79 Å². The normalized spacial score (nSPS) is 13.9. The van der Waals surface area contributed by atoms with Gasteiger partial charge in [-0.05, 0) is 115 Å². The number of ether oxygens (including phenoxy) is 1. The van der Waals surface area contributed by atoms with Crippen LogP contribution in [0.4, 0.5) is 23.7 Å². The van der Waals surface area contributed by atoms with Gasteiger partial charge < -0.3 is 20.7 Å². The minimum atomic E-state index is -4.79. The topological polar surface area (TPSA) is 97.3 Å². The number of nitrogens with one attached hydrogen (secondary N) is 3. The molecule has 0 aliphatic heterocycles. The predicted octanol–water partition coefficient (Wildman–Crippen LogP) is 9.56. The number of anilines is 1. The van der Waals surface area contributed by atoms with Gasteiger partial charge in [0.05, 0.1) is 11.7 Å². The van der Waals surface area contributed by atoms with Gasteiger partial charge in [-0.25, -0.2) is 9.48 Å². The Morgan fingerprint density at radius 3 is 2.30 bits per heavy atom. The molecule has 11 heteroatoms. The molecule has 0 saturated heterocycles. The van der Waals surface area contributed by atoms with Crippen LogP contribution in [0.15, 0.2) is 109 Å². The van der Waals surface area contributed by atoms with E-state index in [0.29, 0.717) is 17.2 Å². The van der Waals surface area contributed by atoms with E-state index in [0.717, 1.165) is 50.0 Å². The summed E-state index contributed by atoms with van der Waals surface area (Å²) in [6.45, 7) is 6.09. The molecule has 0 bridgehead atoms. The van der Waals surface area contributed by atoms with Crippen molar-refractivity contribution in [1.29, 1.82) is 0 Å². The number of carbonyl (C=O) groups is 2. The number of halogens is 3. The Hall–Kier alpha value is -5.68. The number of benzene rings is 5. The van der Waals surface area contributed by atoms with E-state index in [4.69, 9.17) is 4.74 Å². The number of carbonyl (C=O) groups excluding carboxylic acids is 2. The van der Waals surface area contributed by atoms with Gasteiger partial charge >= 0.3 is 12.3 Å². The first-order valence-corrected chi connectivity index (χ1v) is 17.6. The van der Waals surface area contributed by atoms with E-state index < -0.39 is 29.5 Å². The lowest BCUT2D eigenvalue weighted by Crippen LogP contribution is -2.32. The van der Waals surface area contributed by atoms with E-state index in [1.165, 1.54) is 12.8 Å². The van der Waals surface area contributed by atoms with Gasteiger partial charge in [-0.15, -0.1) is 0 Å². The molecular weight excluding hydrogens is 679 g/mol. The summed E-state index contributed by atoms with van der Waals surface area (Å²) in [5.74, 6) is -0.164. The quantitative estimate of drug-likeness (QED) is 0.123. The van der Waals surface area contributed by atoms with Crippen molar-refractivity contribution in [2.75, 3.05) is 11.9 Å². The fourth-order valence-electron chi connectivity index (χ4n) is 6.49. The average molecular weight is 720 g/mol. The van der Waals surface area contributed by atoms with Crippen LogP contribution in [0.3, 0.4) is 0 Å². The maximum Gasteiger partial charge on any atom is 0.435 e. The summed E-state index contributed by atoms with van der Waals surface area (Å²) in [5.41, 5.74) is 1.00. The van der Waals surface area contributed by atoms with Gasteiger partial charge in [0.2, 0.25) is 0 Å². The Morgan fingerprint density at radius 1 is 0.849 bits per heavy atom. The molecule has 1 aliphatic carbocycles. The molecule has 1 aliphatic rings. The molecule has 2 amide bonds. The van der Waals surface area contributed by atoms with E-state index in [1.54, 1.807) is 51.1 Å². The molecule has 1 aromatic heterocycles. The SMILES string of the molecule is CC(C)(C)OC(=O)NCc1cccc(-n2nc(C(F)(F)F)cc2C(=O)Nc2cccc([C@H](NCC3CC3)c3cc4ccccc4c4ccccc34)c2)c1. The van der Waals surface area contributed by atoms with Crippen LogP contribution in [0.2, 0.25) is 0 Å². The van der Waals surface area contributed by atoms with Crippen molar-refractivity contribution in [2.45, 2.75) is 58.0 Å². The second-order valence-corrected chi connectivity index (χ2v) is 14.4. The van der Waals surface area contributed by atoms with Crippen molar-refractivity contribution in [3.05, 3.63) is 137 Å². The van der Waals surface area contributed by atoms with Crippen molar-refractivity contribution in [3.8, 4) is 5.69 Å². The molecule has 1 fully saturated rings. The number of fused-ring (bicyclic) bond motifs is 3. The smallest absolute Gasteiger partial charge is 0.435 e. The number of aromatic nitrogens is 2. The molecule has 272 valence electrons. The Kier molecular flexibility index (Phi) is 9.69. The molecule has 53 heavy (non-hydrogen) atoms. The standard InChI is InChI=1S/C42H40F3N5O3/c1-41(2,3)53-40(52)47-25-27-10-8-14-31(20-27)50-36(23-37(49-50)42(43,44)45)39(51)48-30-13-9-12-29(21-30)38(46-24-26-18-19-26)35-22-28-11-4-5-15-32(28)33-16-6-7-17-34(33)35/h4-17,20-23,26,38,46H,18-19,24-25H2,1-3H3,(H,47,52)(H,48,51)/t38-/m0/s1. The van der Waals surface area contributed by atoms with Gasteiger partial charge in [-0.2, -0.15) is 18.3 Å². The molecular formula is C42H40F3N5O3. The first-order valence-electron chi connectivity index (χ1n) is 17.6. The summed E-state index contributed by atoms with van der Waals surface area (Å²) >= 11 is 0. The molecule has 6 aromatic rings. The molecule has 5 aromatic carbocycles. The maximum absolute atomic E-state index is 14.0. The number of alkyl carbamates (subject to hydrolysis) is 1. The minimum Gasteiger partial charge on any atom is -0.444 e. The molecule has 7 rings (SSSR count). The van der Waals surface area contributed by atoms with Crippen molar-refractivity contribution in [1.82, 2.24) is 20.4 Å². The number of rotatable bonds is 10. The molecule has 0 radical (unpaired) electrons. The van der Waals surface area contributed by atoms with Crippen LogP contribution in [0, 0.1) is 5.92 Å². The molecule has 1 heterocycles. The van der Waals surface area contributed by atoms with Gasteiger partial charge in [-0.1, -0.05) is 72.8 Å². The zero-order chi connectivity index (χ0) is 37.3. The fraction of sp³-hybridized carbons (Fsp3) is 0.262. The third kappa shape index (κ3) is 8.36. The zero-order valence-corrected chi connectivity index (χ0v) is 29.6. The fourth-order valence-corrected chi connectivity index (χ4v) is 6.49. The maximum atomic E-state index is 14.0. The van der Waals surface area contributed by atoms with Crippen LogP contribution < -0.4 is 16.0 Å². The predicted molar refractivity (Wildman–Crippen MR) is 200 cm³/mol. The van der Waals surface area contributed by atoms with Crippen LogP contribution in [-0.2, 0) is 17.5 Å². The first kappa shape index (κ1) is 35.7. The van der Waals surface area contributed by atoms with E-state index in [1.807, 2.05) is 42.5 Å². The highest BCUT2D eigenvalue weighted by molar-refractivity contribution is 6.09. The lowest BCUT2D eigenvalue weighted by Gasteiger charge is -2.23. The van der Waals surface area contributed by atoms with Crippen molar-refractivity contribution >= 4 is 39.2 Å². The summed E-state index contributed by atoms with van der Waals surface area (Å²) in [6, 6.07) is 33.2. The molecule has 1 saturated carbocycles. The van der Waals surface area contributed by atoms with Crippen LogP contribution in [-0.4, -0.2) is 33.9 Å². The largest absolute Gasteiger partial charge is 0.444 e. The zero-order valence-electron chi connectivity index (χ0n) is 29.6. The second-order valence-electron chi connectivity index (χ2n) is 14.4. The lowest BCUT2D eigenvalue weighted by molar-refractivity contribution is -0.141. The van der Waals surface area contributed by atoms with Gasteiger partial charge in [0, 0.05) is 18.3 Å². The third-order valence-electron chi connectivity index (χ3n) is 9.12. The number of hydrogen-bond acceptors (Lipinski definition) is 5. The van der Waals surface area contributed by atoms with Crippen molar-refractivity contribution < 1.29 is 27.5 Å². The highest BCUT2D eigenvalue weighted by Crippen LogP contribution is 2.37. The third-order valence-corrected chi connectivity index (χ3v) is 9.12. The number of hydrogen-bond donors (Lipinski definition) is 3. The van der Waals surface area contributed by atoms with Crippen LogP contribution >= 0.6 is 0 Å². The van der Waals surface area contributed by atoms with E-state index >= 15 is 0 Å². The summed E-state index contributed by atoms with van der Waals surface area (Å²) in [5, 5.41) is 17.6. The molecule has 1 atom stereocenters. The number of amides is 2. The summed E-state index contributed by atoms with van der Waals surface area (Å²) < 4.78 is 48.2. The summed E-state index contributed by atoms with van der Waals surface area (Å²) in [7, 11) is 0. The monoisotopic (exact) mass is 719 g/mol. The Balaban J connectivity index is 1.20. The van der Waals surface area contributed by atoms with Crippen molar-refractivity contribution in [3.63, 3.8) is 0 Å². The van der Waals surface area contributed by atoms with Gasteiger partial charge in [0.15, 0.2) is 5.69 Å². The Bertz CT molecular complexity index is 2310. The van der Waals surface area contributed by atoms with Gasteiger partial charge in [0.25, 0.3) is 5.91 Å². The highest BCUT2D eigenvalue weighted by Gasteiger charge is 2.36. The summed E-state index contributed by atoms with van der Waals surface area (Å²) in [6.07, 6.45) is -3.09. The summed E-state index contributed by atoms with van der Waals surface area (Å²) in [4.78, 5) is 26.1. The Morgan fingerprint density at radius 2 is 1.57 bits per heavy atom. The minimum absolute atomic E-state index is 0.0485. The Labute approximate surface area is 305 Å². The lowest BCUT2D eigenvalue weighted by atomic mass is 9.90. The van der Waals surface area contributed by atoms with Crippen LogP contribution in [0.25, 0.3) is 27.2 Å². The first-order chi connectivity index (χ1) is 25.3. The average Bonchev–Trinajstić information content (AvgIpc) is 3.83. The molecule has 8 nitrogen and oxygen atoms in total. The van der Waals surface area contributed by atoms with E-state index in [9.17, 15) is 22.8 Å². The number of alkyl halides is 3.